The van der Waals surface area contributed by atoms with Gasteiger partial charge in [0.15, 0.2) is 16.6 Å². The van der Waals surface area contributed by atoms with Crippen molar-refractivity contribution in [3.05, 3.63) is 41.1 Å². The van der Waals surface area contributed by atoms with Crippen LogP contribution in [0, 0.1) is 0 Å². The molecule has 8 nitrogen and oxygen atoms in total. The van der Waals surface area contributed by atoms with Crippen LogP contribution in [0.4, 0.5) is 5.13 Å². The molecule has 1 amide bonds. The fourth-order valence-electron chi connectivity index (χ4n) is 3.67. The maximum Gasteiger partial charge on any atom is 0.253 e. The lowest BCUT2D eigenvalue weighted by molar-refractivity contribution is -0.119. The van der Waals surface area contributed by atoms with E-state index in [4.69, 9.17) is 9.47 Å². The van der Waals surface area contributed by atoms with Gasteiger partial charge < -0.3 is 14.8 Å². The Morgan fingerprint density at radius 1 is 1.16 bits per heavy atom. The number of nitrogens with zero attached hydrogens (tertiary/aromatic N) is 2. The number of fused-ring (bicyclic) bond motifs is 1. The Labute approximate surface area is 187 Å². The molecule has 2 aliphatic heterocycles. The molecule has 1 fully saturated rings. The van der Waals surface area contributed by atoms with Crippen LogP contribution in [0.2, 0.25) is 0 Å². The number of hydrogen-bond acceptors (Lipinski definition) is 8. The van der Waals surface area contributed by atoms with Gasteiger partial charge in [-0.15, -0.1) is 22.7 Å². The van der Waals surface area contributed by atoms with Gasteiger partial charge >= 0.3 is 0 Å². The average Bonchev–Trinajstić information content (AvgIpc) is 3.55. The Kier molecular flexibility index (Phi) is 5.42. The minimum Gasteiger partial charge on any atom is -0.486 e. The van der Waals surface area contributed by atoms with Crippen molar-refractivity contribution in [3.63, 3.8) is 0 Å². The van der Waals surface area contributed by atoms with E-state index in [2.05, 4.69) is 10.3 Å². The van der Waals surface area contributed by atoms with Gasteiger partial charge in [-0.2, -0.15) is 4.31 Å². The lowest BCUT2D eigenvalue weighted by Gasteiger charge is -2.22. The van der Waals surface area contributed by atoms with E-state index in [1.165, 1.54) is 15.6 Å². The number of ether oxygens (including phenoxy) is 2. The maximum atomic E-state index is 12.9. The summed E-state index contributed by atoms with van der Waals surface area (Å²) < 4.78 is 38.5. The third kappa shape index (κ3) is 3.93. The predicted octanol–water partition coefficient (Wildman–Crippen LogP) is 3.43. The number of anilines is 1. The number of sulfonamides is 1. The van der Waals surface area contributed by atoms with E-state index in [0.29, 0.717) is 54.9 Å². The van der Waals surface area contributed by atoms with Gasteiger partial charge in [-0.3, -0.25) is 4.79 Å². The monoisotopic (exact) mass is 477 g/mol. The number of thiophene rings is 1. The fourth-order valence-corrected chi connectivity index (χ4v) is 7.17. The molecule has 162 valence electrons. The van der Waals surface area contributed by atoms with E-state index in [1.807, 2.05) is 23.6 Å². The smallest absolute Gasteiger partial charge is 0.253 e. The molecule has 2 aromatic heterocycles. The number of amides is 1. The maximum absolute atomic E-state index is 12.9. The highest BCUT2D eigenvalue weighted by Gasteiger charge is 2.40. The second-order valence-electron chi connectivity index (χ2n) is 7.09. The number of rotatable bonds is 5. The quantitative estimate of drug-likeness (QED) is 0.605. The van der Waals surface area contributed by atoms with Crippen LogP contribution in [0.1, 0.15) is 12.8 Å². The first kappa shape index (κ1) is 20.4. The van der Waals surface area contributed by atoms with Crippen LogP contribution >= 0.6 is 22.7 Å². The molecule has 0 radical (unpaired) electrons. The van der Waals surface area contributed by atoms with Crippen LogP contribution in [-0.4, -0.2) is 49.4 Å². The first-order valence-electron chi connectivity index (χ1n) is 9.74. The van der Waals surface area contributed by atoms with E-state index in [0.717, 1.165) is 16.9 Å². The third-order valence-corrected chi connectivity index (χ3v) is 9.18. The second kappa shape index (κ2) is 8.23. The van der Waals surface area contributed by atoms with Crippen LogP contribution in [0.15, 0.2) is 45.3 Å². The number of benzene rings is 1. The van der Waals surface area contributed by atoms with Gasteiger partial charge in [-0.1, -0.05) is 6.07 Å². The van der Waals surface area contributed by atoms with E-state index >= 15 is 0 Å². The molecular formula is C20H19N3O5S3. The van der Waals surface area contributed by atoms with Crippen molar-refractivity contribution in [3.8, 4) is 22.8 Å². The minimum atomic E-state index is -3.68. The summed E-state index contributed by atoms with van der Waals surface area (Å²) in [7, 11) is -3.68. The zero-order valence-electron chi connectivity index (χ0n) is 16.3. The molecule has 2 aliphatic rings. The number of aromatic nitrogens is 1. The average molecular weight is 478 g/mol. The van der Waals surface area contributed by atoms with Crippen molar-refractivity contribution in [1.29, 1.82) is 0 Å². The standard InChI is InChI=1S/C20H19N3O5S3/c24-19(15-3-1-7-23(15)31(25,26)18-4-2-10-29-18)22-20-21-14(12-30-20)13-5-6-16-17(11-13)28-9-8-27-16/h2,4-6,10-12,15H,1,3,7-9H2,(H,21,22,24)/t15-/m0/s1. The molecule has 0 aliphatic carbocycles. The first-order chi connectivity index (χ1) is 15.0. The Hall–Kier alpha value is -2.47. The summed E-state index contributed by atoms with van der Waals surface area (Å²) in [5, 5.41) is 6.78. The minimum absolute atomic E-state index is 0.252. The summed E-state index contributed by atoms with van der Waals surface area (Å²) in [4.78, 5) is 17.4. The number of carbonyl (C=O) groups is 1. The fraction of sp³-hybridized carbons (Fsp3) is 0.300. The van der Waals surface area contributed by atoms with E-state index in [1.54, 1.807) is 17.5 Å². The van der Waals surface area contributed by atoms with Crippen molar-refractivity contribution in [1.82, 2.24) is 9.29 Å². The van der Waals surface area contributed by atoms with Crippen molar-refractivity contribution < 1.29 is 22.7 Å². The van der Waals surface area contributed by atoms with Crippen LogP contribution in [0.3, 0.4) is 0 Å². The lowest BCUT2D eigenvalue weighted by atomic mass is 10.1. The molecule has 0 bridgehead atoms. The largest absolute Gasteiger partial charge is 0.486 e. The summed E-state index contributed by atoms with van der Waals surface area (Å²) in [6, 6.07) is 8.11. The van der Waals surface area contributed by atoms with Crippen molar-refractivity contribution in [2.45, 2.75) is 23.1 Å². The van der Waals surface area contributed by atoms with Crippen molar-refractivity contribution in [2.24, 2.45) is 0 Å². The van der Waals surface area contributed by atoms with Gasteiger partial charge in [0.25, 0.3) is 10.0 Å². The summed E-state index contributed by atoms with van der Waals surface area (Å²) in [5.41, 5.74) is 1.55. The molecule has 1 atom stereocenters. The number of nitrogens with one attached hydrogen (secondary N) is 1. The molecule has 0 spiro atoms. The van der Waals surface area contributed by atoms with Gasteiger partial charge in [0.2, 0.25) is 5.91 Å². The SMILES string of the molecule is O=C(Nc1nc(-c2ccc3c(c2)OCCO3)cs1)[C@@H]1CCCN1S(=O)(=O)c1cccs1. The first-order valence-corrected chi connectivity index (χ1v) is 12.9. The van der Waals surface area contributed by atoms with Gasteiger partial charge in [0, 0.05) is 17.5 Å². The van der Waals surface area contributed by atoms with Crippen LogP contribution < -0.4 is 14.8 Å². The van der Waals surface area contributed by atoms with Gasteiger partial charge in [-0.25, -0.2) is 13.4 Å². The highest BCUT2D eigenvalue weighted by atomic mass is 32.2. The Balaban J connectivity index is 1.32. The number of hydrogen-bond donors (Lipinski definition) is 1. The van der Waals surface area contributed by atoms with Crippen molar-refractivity contribution in [2.75, 3.05) is 25.1 Å². The van der Waals surface area contributed by atoms with Crippen molar-refractivity contribution >= 4 is 43.7 Å². The Morgan fingerprint density at radius 2 is 2.00 bits per heavy atom. The normalized spacial score (nSPS) is 18.8. The van der Waals surface area contributed by atoms with E-state index in [9.17, 15) is 13.2 Å². The van der Waals surface area contributed by atoms with Crippen LogP contribution in [0.5, 0.6) is 11.5 Å². The van der Waals surface area contributed by atoms with Gasteiger partial charge in [0.1, 0.15) is 23.5 Å². The Morgan fingerprint density at radius 3 is 2.81 bits per heavy atom. The van der Waals surface area contributed by atoms with Crippen LogP contribution in [-0.2, 0) is 14.8 Å². The molecular weight excluding hydrogens is 458 g/mol. The zero-order chi connectivity index (χ0) is 21.4. The molecule has 5 rings (SSSR count). The van der Waals surface area contributed by atoms with E-state index < -0.39 is 16.1 Å². The summed E-state index contributed by atoms with van der Waals surface area (Å²) in [6.45, 7) is 1.36. The molecule has 1 saturated heterocycles. The molecule has 1 N–H and O–H groups in total. The molecule has 31 heavy (non-hydrogen) atoms. The zero-order valence-corrected chi connectivity index (χ0v) is 18.8. The number of carbonyl (C=O) groups excluding carboxylic acids is 1. The Bertz CT molecular complexity index is 1210. The predicted molar refractivity (Wildman–Crippen MR) is 118 cm³/mol. The number of thiazole rings is 1. The van der Waals surface area contributed by atoms with Gasteiger partial charge in [0.05, 0.1) is 5.69 Å². The molecule has 1 aromatic carbocycles. The van der Waals surface area contributed by atoms with E-state index in [-0.39, 0.29) is 10.1 Å². The molecule has 0 saturated carbocycles. The molecule has 0 unspecified atom stereocenters. The highest BCUT2D eigenvalue weighted by molar-refractivity contribution is 7.91. The van der Waals surface area contributed by atoms with Crippen LogP contribution in [0.25, 0.3) is 11.3 Å². The second-order valence-corrected chi connectivity index (χ2v) is 11.0. The highest BCUT2D eigenvalue weighted by Crippen LogP contribution is 2.36. The lowest BCUT2D eigenvalue weighted by Crippen LogP contribution is -2.42. The summed E-state index contributed by atoms with van der Waals surface area (Å²) >= 11 is 2.45. The topological polar surface area (TPSA) is 97.8 Å². The summed E-state index contributed by atoms with van der Waals surface area (Å²) in [6.07, 6.45) is 1.12. The molecule has 3 aromatic rings. The molecule has 4 heterocycles. The van der Waals surface area contributed by atoms with Gasteiger partial charge in [-0.05, 0) is 42.5 Å². The third-order valence-electron chi connectivity index (χ3n) is 5.14. The summed E-state index contributed by atoms with van der Waals surface area (Å²) in [5.74, 6) is 1.01. The molecule has 11 heteroatoms.